The van der Waals surface area contributed by atoms with E-state index in [0.717, 1.165) is 30.3 Å². The minimum absolute atomic E-state index is 0.0710. The zero-order valence-electron chi connectivity index (χ0n) is 20.5. The summed E-state index contributed by atoms with van der Waals surface area (Å²) in [5.74, 6) is -2.02. The molecule has 0 saturated carbocycles. The second-order valence-corrected chi connectivity index (χ2v) is 10.3. The van der Waals surface area contributed by atoms with Gasteiger partial charge in [-0.25, -0.2) is 14.4 Å². The monoisotopic (exact) mass is 522 g/mol. The Labute approximate surface area is 217 Å². The van der Waals surface area contributed by atoms with Crippen LogP contribution in [0.3, 0.4) is 0 Å². The van der Waals surface area contributed by atoms with E-state index in [4.69, 9.17) is 0 Å². The van der Waals surface area contributed by atoms with Gasteiger partial charge >= 0.3 is 0 Å². The third-order valence-electron chi connectivity index (χ3n) is 6.58. The van der Waals surface area contributed by atoms with Gasteiger partial charge in [-0.05, 0) is 30.5 Å². The van der Waals surface area contributed by atoms with E-state index in [1.54, 1.807) is 18.9 Å². The van der Waals surface area contributed by atoms with Crippen molar-refractivity contribution in [3.8, 4) is 10.6 Å². The maximum atomic E-state index is 13.5. The Morgan fingerprint density at radius 1 is 1.24 bits per heavy atom. The van der Waals surface area contributed by atoms with Crippen molar-refractivity contribution in [3.63, 3.8) is 0 Å². The fourth-order valence-electron chi connectivity index (χ4n) is 4.65. The Bertz CT molecular complexity index is 1360. The number of hydrazine groups is 1. The number of thiazole rings is 1. The molecule has 3 aromatic rings. The molecule has 0 radical (unpaired) electrons. The van der Waals surface area contributed by atoms with E-state index in [0.29, 0.717) is 34.4 Å². The molecule has 4 heterocycles. The number of hydrogen-bond acceptors (Lipinski definition) is 7. The fraction of sp³-hybridized carbons (Fsp3) is 0.346. The van der Waals surface area contributed by atoms with Gasteiger partial charge in [-0.3, -0.25) is 24.4 Å². The van der Waals surface area contributed by atoms with Crippen LogP contribution in [0.2, 0.25) is 0 Å². The first-order valence-corrected chi connectivity index (χ1v) is 12.9. The van der Waals surface area contributed by atoms with Gasteiger partial charge < -0.3 is 10.6 Å². The molecule has 1 aromatic carbocycles. The number of nitrogens with one attached hydrogen (secondary N) is 2. The second kappa shape index (κ2) is 10.3. The average Bonchev–Trinajstić information content (AvgIpc) is 3.46. The number of hydrogen-bond donors (Lipinski definition) is 2. The molecule has 2 N–H and O–H groups in total. The topological polar surface area (TPSA) is 108 Å². The van der Waals surface area contributed by atoms with Gasteiger partial charge in [0.1, 0.15) is 21.9 Å². The summed E-state index contributed by atoms with van der Waals surface area (Å²) in [6.07, 6.45) is 3.44. The molecule has 5 rings (SSSR count). The molecule has 0 spiro atoms. The maximum Gasteiger partial charge on any atom is 0.264 e. The summed E-state index contributed by atoms with van der Waals surface area (Å²) in [4.78, 5) is 47.5. The average molecular weight is 523 g/mol. The highest BCUT2D eigenvalue weighted by molar-refractivity contribution is 7.19. The van der Waals surface area contributed by atoms with Crippen LogP contribution in [0.4, 0.5) is 9.39 Å². The highest BCUT2D eigenvalue weighted by atomic mass is 32.1. The number of halogens is 1. The molecule has 1 fully saturated rings. The number of fused-ring (bicyclic) bond motifs is 2. The SMILES string of the molecule is Cc1nc(-c2cncc(F)c2)sc1NC(=O)C[C@@H](C)C(=O)N[C@@H]1C(=O)N2CCCN2Cc2ccccc21. The van der Waals surface area contributed by atoms with E-state index in [1.165, 1.54) is 23.6 Å². The van der Waals surface area contributed by atoms with Crippen molar-refractivity contribution in [3.05, 3.63) is 65.4 Å². The lowest BCUT2D eigenvalue weighted by Gasteiger charge is -2.28. The lowest BCUT2D eigenvalue weighted by atomic mass is 9.98. The van der Waals surface area contributed by atoms with Crippen LogP contribution < -0.4 is 10.6 Å². The zero-order valence-corrected chi connectivity index (χ0v) is 21.3. The van der Waals surface area contributed by atoms with Gasteiger partial charge in [0, 0.05) is 43.7 Å². The smallest absolute Gasteiger partial charge is 0.264 e. The normalized spacial score (nSPS) is 18.1. The van der Waals surface area contributed by atoms with Crippen LogP contribution in [0.25, 0.3) is 10.6 Å². The number of benzene rings is 1. The fourth-order valence-corrected chi connectivity index (χ4v) is 5.62. The van der Waals surface area contributed by atoms with Crippen molar-refractivity contribution >= 4 is 34.1 Å². The summed E-state index contributed by atoms with van der Waals surface area (Å²) in [6, 6.07) is 8.17. The number of amides is 3. The minimum Gasteiger partial charge on any atom is -0.340 e. The van der Waals surface area contributed by atoms with Crippen LogP contribution in [0, 0.1) is 18.7 Å². The van der Waals surface area contributed by atoms with E-state index in [9.17, 15) is 18.8 Å². The third kappa shape index (κ3) is 5.23. The van der Waals surface area contributed by atoms with Gasteiger partial charge in [0.25, 0.3) is 5.91 Å². The molecule has 9 nitrogen and oxygen atoms in total. The second-order valence-electron chi connectivity index (χ2n) is 9.32. The first-order valence-electron chi connectivity index (χ1n) is 12.1. The maximum absolute atomic E-state index is 13.5. The highest BCUT2D eigenvalue weighted by Crippen LogP contribution is 2.32. The number of aromatic nitrogens is 2. The number of anilines is 1. The van der Waals surface area contributed by atoms with Gasteiger partial charge in [0.05, 0.1) is 11.9 Å². The predicted octanol–water partition coefficient (Wildman–Crippen LogP) is 3.44. The Hall–Kier alpha value is -3.70. The Morgan fingerprint density at radius 2 is 2.05 bits per heavy atom. The van der Waals surface area contributed by atoms with Crippen molar-refractivity contribution in [2.45, 2.75) is 39.3 Å². The van der Waals surface area contributed by atoms with Crippen molar-refractivity contribution in [2.75, 3.05) is 18.4 Å². The van der Waals surface area contributed by atoms with E-state index in [2.05, 4.69) is 20.6 Å². The van der Waals surface area contributed by atoms with Crippen LogP contribution in [0.5, 0.6) is 0 Å². The van der Waals surface area contributed by atoms with E-state index in [1.807, 2.05) is 29.3 Å². The molecular weight excluding hydrogens is 495 g/mol. The molecule has 3 amide bonds. The van der Waals surface area contributed by atoms with Crippen LogP contribution >= 0.6 is 11.3 Å². The predicted molar refractivity (Wildman–Crippen MR) is 137 cm³/mol. The van der Waals surface area contributed by atoms with Crippen molar-refractivity contribution < 1.29 is 18.8 Å². The van der Waals surface area contributed by atoms with Crippen LogP contribution in [0.1, 0.15) is 42.6 Å². The summed E-state index contributed by atoms with van der Waals surface area (Å²) in [7, 11) is 0. The van der Waals surface area contributed by atoms with E-state index < -0.39 is 17.8 Å². The van der Waals surface area contributed by atoms with Crippen LogP contribution in [-0.4, -0.2) is 50.8 Å². The van der Waals surface area contributed by atoms with Crippen LogP contribution in [-0.2, 0) is 20.9 Å². The summed E-state index contributed by atoms with van der Waals surface area (Å²) in [6.45, 7) is 5.45. The first kappa shape index (κ1) is 25.0. The summed E-state index contributed by atoms with van der Waals surface area (Å²) < 4.78 is 13.5. The quantitative estimate of drug-likeness (QED) is 0.514. The Balaban J connectivity index is 1.25. The van der Waals surface area contributed by atoms with Crippen molar-refractivity contribution in [1.82, 2.24) is 25.3 Å². The molecule has 2 atom stereocenters. The van der Waals surface area contributed by atoms with E-state index >= 15 is 0 Å². The minimum atomic E-state index is -0.802. The van der Waals surface area contributed by atoms with Crippen molar-refractivity contribution in [2.24, 2.45) is 5.92 Å². The molecule has 2 aliphatic heterocycles. The number of nitrogens with zero attached hydrogens (tertiary/aromatic N) is 4. The zero-order chi connectivity index (χ0) is 26.1. The Kier molecular flexibility index (Phi) is 6.98. The molecule has 0 aliphatic carbocycles. The molecule has 192 valence electrons. The molecule has 11 heteroatoms. The molecule has 37 heavy (non-hydrogen) atoms. The lowest BCUT2D eigenvalue weighted by Crippen LogP contribution is -2.46. The Morgan fingerprint density at radius 3 is 2.86 bits per heavy atom. The number of rotatable bonds is 6. The molecule has 1 saturated heterocycles. The van der Waals surface area contributed by atoms with Gasteiger partial charge in [0.2, 0.25) is 11.8 Å². The summed E-state index contributed by atoms with van der Waals surface area (Å²) in [5.41, 5.74) is 2.89. The number of pyridine rings is 1. The van der Waals surface area contributed by atoms with Crippen molar-refractivity contribution in [1.29, 1.82) is 0 Å². The number of carbonyl (C=O) groups excluding carboxylic acids is 3. The standard InChI is InChI=1S/C26H27FN6O3S/c1-15(10-21(34)30-24-16(2)29-25(37-24)18-11-19(27)13-28-12-18)23(35)31-22-20-7-4-3-6-17(20)14-32-8-5-9-33(32)26(22)36/h3-4,6-7,11-13,15,22H,5,8-10,14H2,1-2H3,(H,30,34)(H,31,35)/t15-,22+/m1/s1. The molecular formula is C26H27FN6O3S. The number of aryl methyl sites for hydroxylation is 1. The number of carbonyl (C=O) groups is 3. The largest absolute Gasteiger partial charge is 0.340 e. The summed E-state index contributed by atoms with van der Waals surface area (Å²) >= 11 is 1.21. The van der Waals surface area contributed by atoms with Gasteiger partial charge in [0.15, 0.2) is 0 Å². The van der Waals surface area contributed by atoms with Crippen LogP contribution in [0.15, 0.2) is 42.7 Å². The molecule has 0 bridgehead atoms. The molecule has 2 aliphatic rings. The first-order chi connectivity index (χ1) is 17.8. The third-order valence-corrected chi connectivity index (χ3v) is 7.70. The molecule has 0 unspecified atom stereocenters. The van der Waals surface area contributed by atoms with Gasteiger partial charge in [-0.15, -0.1) is 0 Å². The summed E-state index contributed by atoms with van der Waals surface area (Å²) in [5, 5.41) is 10.5. The molecule has 2 aromatic heterocycles. The highest BCUT2D eigenvalue weighted by Gasteiger charge is 2.38. The van der Waals surface area contributed by atoms with E-state index in [-0.39, 0.29) is 24.1 Å². The van der Waals surface area contributed by atoms with Gasteiger partial charge in [-0.1, -0.05) is 42.5 Å². The lowest BCUT2D eigenvalue weighted by molar-refractivity contribution is -0.148. The van der Waals surface area contributed by atoms with Gasteiger partial charge in [-0.2, -0.15) is 0 Å².